The average Bonchev–Trinajstić information content (AvgIpc) is 3.40. The number of amides is 4. The van der Waals surface area contributed by atoms with Crippen molar-refractivity contribution in [3.05, 3.63) is 168 Å². The highest BCUT2D eigenvalue weighted by Gasteiger charge is 2.41. The molecule has 6 rings (SSSR count). The van der Waals surface area contributed by atoms with Gasteiger partial charge in [-0.2, -0.15) is 0 Å². The molecule has 0 saturated carbocycles. The third-order valence-electron chi connectivity index (χ3n) is 15.2. The molecule has 6 aromatic carbocycles. The van der Waals surface area contributed by atoms with Gasteiger partial charge in [0.2, 0.25) is 23.6 Å². The van der Waals surface area contributed by atoms with Crippen LogP contribution in [0, 0.1) is 23.7 Å². The summed E-state index contributed by atoms with van der Waals surface area (Å²) in [5.74, 6) is -6.57. The maximum Gasteiger partial charge on any atom is 0.243 e. The third-order valence-corrected chi connectivity index (χ3v) is 20.6. The van der Waals surface area contributed by atoms with Gasteiger partial charge in [0.15, 0.2) is 19.7 Å². The summed E-state index contributed by atoms with van der Waals surface area (Å²) in [6, 6.07) is 39.4. The Balaban J connectivity index is 1.29. The highest BCUT2D eigenvalue weighted by molar-refractivity contribution is 7.93. The number of carbonyl (C=O) groups excluding carboxylic acids is 4. The summed E-state index contributed by atoms with van der Waals surface area (Å²) in [4.78, 5) is 58.8. The van der Waals surface area contributed by atoms with Crippen molar-refractivity contribution < 1.29 is 41.1 Å². The fraction of sp³-hybridized carbons (Fsp3) is 0.438. The van der Waals surface area contributed by atoms with Crippen LogP contribution in [0.4, 0.5) is 0 Å². The van der Waals surface area contributed by atoms with Gasteiger partial charge in [-0.25, -0.2) is 16.8 Å². The van der Waals surface area contributed by atoms with Gasteiger partial charge in [0.25, 0.3) is 0 Å². The molecule has 80 heavy (non-hydrogen) atoms. The topological polar surface area (TPSA) is 231 Å². The maximum absolute atomic E-state index is 14.8. The summed E-state index contributed by atoms with van der Waals surface area (Å²) in [7, 11) is -7.67. The third kappa shape index (κ3) is 16.4. The van der Waals surface area contributed by atoms with E-state index >= 15 is 0 Å². The van der Waals surface area contributed by atoms with E-state index in [-0.39, 0.29) is 25.7 Å². The summed E-state index contributed by atoms with van der Waals surface area (Å²) in [5.41, 5.74) is 10.2. The Hall–Kier alpha value is -6.46. The number of nitrogens with two attached hydrogens (primary N) is 1. The molecule has 0 aliphatic carbocycles. The number of aliphatic hydroxyl groups is 1. The van der Waals surface area contributed by atoms with Crippen LogP contribution in [0.5, 0.6) is 0 Å². The molecule has 0 unspecified atom stereocenters. The van der Waals surface area contributed by atoms with Crippen molar-refractivity contribution in [2.75, 3.05) is 11.5 Å². The molecule has 0 bridgehead atoms. The van der Waals surface area contributed by atoms with Gasteiger partial charge in [-0.1, -0.05) is 173 Å². The van der Waals surface area contributed by atoms with Crippen LogP contribution in [-0.2, 0) is 64.5 Å². The van der Waals surface area contributed by atoms with Crippen LogP contribution >= 0.6 is 0 Å². The van der Waals surface area contributed by atoms with Gasteiger partial charge in [0, 0.05) is 0 Å². The molecule has 0 aromatic heterocycles. The lowest BCUT2D eigenvalue weighted by Crippen LogP contribution is -2.64. The standard InChI is InChI=1S/C64H83N5O9S2/c1-41(2)56(68-59(71)49(39-79(75,76)63(5,6)7)37-47-31-21-29-45-27-17-19-33-51(45)47)61(73)66-53(35-43-23-13-11-14-24-43)55(65)58(70)54(36-44-25-15-12-16-26-44)67-62(74)57(42(3)4)69-60(72)50(40-80(77,78)64(8,9)10)38-48-32-22-30-46-28-18-20-34-52(46)48/h11-34,41-42,49-50,53-58,70H,35-40,65H2,1-10H3,(H,66,73)(H,67,74)(H,68,71)(H,69,72)/t49-,50+,53-,54-,55-,56-,57-,58+/m0/s1. The number of hydrogen-bond acceptors (Lipinski definition) is 10. The predicted octanol–water partition coefficient (Wildman–Crippen LogP) is 7.86. The van der Waals surface area contributed by atoms with E-state index in [2.05, 4.69) is 21.3 Å². The monoisotopic (exact) mass is 1130 g/mol. The molecule has 0 spiro atoms. The van der Waals surface area contributed by atoms with Crippen LogP contribution in [0.3, 0.4) is 0 Å². The van der Waals surface area contributed by atoms with E-state index in [0.29, 0.717) is 0 Å². The fourth-order valence-corrected chi connectivity index (χ4v) is 12.5. The maximum atomic E-state index is 14.8. The zero-order valence-electron chi connectivity index (χ0n) is 48.0. The average molecular weight is 1130 g/mol. The summed E-state index contributed by atoms with van der Waals surface area (Å²) < 4.78 is 53.0. The van der Waals surface area contributed by atoms with Gasteiger partial charge in [-0.05, 0) is 123 Å². The second-order valence-corrected chi connectivity index (χ2v) is 29.6. The van der Waals surface area contributed by atoms with Crippen LogP contribution < -0.4 is 27.0 Å². The van der Waals surface area contributed by atoms with Crippen molar-refractivity contribution in [2.24, 2.45) is 29.4 Å². The van der Waals surface area contributed by atoms with E-state index in [4.69, 9.17) is 5.73 Å². The van der Waals surface area contributed by atoms with Gasteiger partial charge in [-0.3, -0.25) is 19.2 Å². The van der Waals surface area contributed by atoms with Crippen molar-refractivity contribution in [2.45, 2.75) is 141 Å². The highest BCUT2D eigenvalue weighted by Crippen LogP contribution is 2.28. The Bertz CT molecular complexity index is 3070. The highest BCUT2D eigenvalue weighted by atomic mass is 32.2. The van der Waals surface area contributed by atoms with Crippen molar-refractivity contribution >= 4 is 64.8 Å². The molecule has 7 N–H and O–H groups in total. The Labute approximate surface area is 474 Å². The first-order valence-electron chi connectivity index (χ1n) is 27.7. The lowest BCUT2D eigenvalue weighted by atomic mass is 9.88. The molecule has 0 aliphatic heterocycles. The molecular formula is C64H83N5O9S2. The normalized spacial score (nSPS) is 15.5. The molecule has 6 aromatic rings. The number of aliphatic hydroxyl groups excluding tert-OH is 1. The Morgan fingerprint density at radius 3 is 1.16 bits per heavy atom. The van der Waals surface area contributed by atoms with E-state index in [9.17, 15) is 41.1 Å². The lowest BCUT2D eigenvalue weighted by molar-refractivity contribution is -0.133. The molecule has 16 heteroatoms. The smallest absolute Gasteiger partial charge is 0.243 e. The largest absolute Gasteiger partial charge is 0.389 e. The van der Waals surface area contributed by atoms with Gasteiger partial charge in [0.05, 0.1) is 57.1 Å². The van der Waals surface area contributed by atoms with Gasteiger partial charge in [0.1, 0.15) is 12.1 Å². The van der Waals surface area contributed by atoms with Crippen LogP contribution in [0.15, 0.2) is 146 Å². The predicted molar refractivity (Wildman–Crippen MR) is 321 cm³/mol. The van der Waals surface area contributed by atoms with Crippen molar-refractivity contribution in [3.8, 4) is 0 Å². The van der Waals surface area contributed by atoms with Crippen molar-refractivity contribution in [1.82, 2.24) is 21.3 Å². The first kappa shape index (κ1) is 62.7. The Morgan fingerprint density at radius 2 is 0.787 bits per heavy atom. The number of benzene rings is 6. The van der Waals surface area contributed by atoms with Gasteiger partial charge in [-0.15, -0.1) is 0 Å². The lowest BCUT2D eigenvalue weighted by Gasteiger charge is -2.36. The second kappa shape index (κ2) is 26.9. The zero-order valence-corrected chi connectivity index (χ0v) is 49.6. The molecule has 14 nitrogen and oxygen atoms in total. The molecule has 0 heterocycles. The van der Waals surface area contributed by atoms with Crippen LogP contribution in [0.1, 0.15) is 91.5 Å². The minimum Gasteiger partial charge on any atom is -0.389 e. The number of hydrogen-bond donors (Lipinski definition) is 6. The summed E-state index contributed by atoms with van der Waals surface area (Å²) in [5, 5.41) is 28.1. The van der Waals surface area contributed by atoms with Crippen LogP contribution in [-0.4, -0.2) is 103 Å². The van der Waals surface area contributed by atoms with Crippen molar-refractivity contribution in [3.63, 3.8) is 0 Å². The van der Waals surface area contributed by atoms with E-state index in [1.54, 1.807) is 69.2 Å². The van der Waals surface area contributed by atoms with E-state index in [0.717, 1.165) is 43.8 Å². The fourth-order valence-electron chi connectivity index (χ4n) is 9.90. The molecule has 430 valence electrons. The van der Waals surface area contributed by atoms with Gasteiger partial charge >= 0.3 is 0 Å². The summed E-state index contributed by atoms with van der Waals surface area (Å²) in [6.45, 7) is 16.6. The van der Waals surface area contributed by atoms with Gasteiger partial charge < -0.3 is 32.1 Å². The number of nitrogens with one attached hydrogen (secondary N) is 4. The minimum atomic E-state index is -3.84. The zero-order chi connectivity index (χ0) is 58.7. The SMILES string of the molecule is CC(C)[C@H](NC(=O)[C@@H](Cc1cccc2ccccc12)CS(=O)(=O)C(C)(C)C)C(=O)N[C@@H](Cc1ccccc1)[C@H](N)[C@H](O)[C@H](Cc1ccccc1)NC(=O)[C@@H](NC(=O)[C@H](Cc1cccc2ccccc12)CS(=O)(=O)C(C)(C)C)C(C)C. The molecular weight excluding hydrogens is 1050 g/mol. The second-order valence-electron chi connectivity index (χ2n) is 24.0. The molecule has 0 radical (unpaired) electrons. The van der Waals surface area contributed by atoms with E-state index < -0.39 is 124 Å². The number of sulfone groups is 2. The molecule has 0 aliphatic rings. The van der Waals surface area contributed by atoms with E-state index in [1.807, 2.05) is 146 Å². The Morgan fingerprint density at radius 1 is 0.450 bits per heavy atom. The van der Waals surface area contributed by atoms with Crippen molar-refractivity contribution in [1.29, 1.82) is 0 Å². The van der Waals surface area contributed by atoms with E-state index in [1.165, 1.54) is 0 Å². The summed E-state index contributed by atoms with van der Waals surface area (Å²) >= 11 is 0. The molecule has 8 atom stereocenters. The number of fused-ring (bicyclic) bond motifs is 2. The first-order chi connectivity index (χ1) is 37.6. The minimum absolute atomic E-state index is 0.0831. The Kier molecular flexibility index (Phi) is 21.1. The number of rotatable bonds is 25. The molecule has 4 amide bonds. The quantitative estimate of drug-likeness (QED) is 0.0325. The molecule has 0 saturated heterocycles. The van der Waals surface area contributed by atoms with Crippen LogP contribution in [0.25, 0.3) is 21.5 Å². The van der Waals surface area contributed by atoms with Crippen LogP contribution in [0.2, 0.25) is 0 Å². The number of carbonyl (C=O) groups is 4. The molecule has 0 fully saturated rings. The first-order valence-corrected chi connectivity index (χ1v) is 31.0. The summed E-state index contributed by atoms with van der Waals surface area (Å²) in [6.07, 6.45) is -1.15.